The van der Waals surface area contributed by atoms with Crippen molar-refractivity contribution in [3.63, 3.8) is 0 Å². The van der Waals surface area contributed by atoms with Gasteiger partial charge in [-0.25, -0.2) is 0 Å². The fourth-order valence-corrected chi connectivity index (χ4v) is 8.88. The van der Waals surface area contributed by atoms with Gasteiger partial charge < -0.3 is 29.2 Å². The Hall–Kier alpha value is -2.41. The predicted molar refractivity (Wildman–Crippen MR) is 201 cm³/mol. The smallest absolute Gasteiger partial charge is 0.242 e. The number of fused-ring (bicyclic) bond motifs is 6. The Morgan fingerprint density at radius 3 is 1.96 bits per heavy atom. The van der Waals surface area contributed by atoms with E-state index in [-0.39, 0.29) is 11.8 Å². The van der Waals surface area contributed by atoms with Crippen molar-refractivity contribution in [2.24, 2.45) is 0 Å². The number of piperidine rings is 2. The highest BCUT2D eigenvalue weighted by Crippen LogP contribution is 2.33. The molecule has 0 aliphatic carbocycles. The van der Waals surface area contributed by atoms with Crippen molar-refractivity contribution in [1.82, 2.24) is 29.2 Å². The maximum Gasteiger partial charge on any atom is 0.242 e. The number of hydrogen-bond acceptors (Lipinski definition) is 4. The molecule has 2 saturated heterocycles. The molecule has 250 valence electrons. The Morgan fingerprint density at radius 2 is 1.32 bits per heavy atom. The van der Waals surface area contributed by atoms with E-state index in [2.05, 4.69) is 111 Å². The van der Waals surface area contributed by atoms with E-state index in [1.54, 1.807) is 0 Å². The largest absolute Gasteiger partial charge is 0.341 e. The minimum absolute atomic E-state index is 0.274. The van der Waals surface area contributed by atoms with Gasteiger partial charge in [0.25, 0.3) is 0 Å². The zero-order valence-electron chi connectivity index (χ0n) is 27.5. The quantitative estimate of drug-likeness (QED) is 0.246. The summed E-state index contributed by atoms with van der Waals surface area (Å²) in [5, 5.41) is 6.07. The van der Waals surface area contributed by atoms with E-state index in [4.69, 9.17) is 0 Å². The van der Waals surface area contributed by atoms with Crippen molar-refractivity contribution in [1.29, 1.82) is 0 Å². The number of aromatic nitrogens is 2. The molecule has 8 rings (SSSR count). The van der Waals surface area contributed by atoms with Crippen LogP contribution in [0.1, 0.15) is 61.0 Å². The van der Waals surface area contributed by atoms with E-state index < -0.39 is 0 Å². The Bertz CT molecular complexity index is 1780. The van der Waals surface area contributed by atoms with E-state index in [1.807, 2.05) is 0 Å². The van der Waals surface area contributed by atoms with Crippen LogP contribution in [0.5, 0.6) is 0 Å². The van der Waals surface area contributed by atoms with Crippen molar-refractivity contribution < 1.29 is 9.59 Å². The van der Waals surface area contributed by atoms with Crippen molar-refractivity contribution in [2.75, 3.05) is 46.3 Å². The van der Waals surface area contributed by atoms with Crippen LogP contribution in [0.4, 0.5) is 0 Å². The van der Waals surface area contributed by atoms with Crippen LogP contribution in [0.3, 0.4) is 0 Å². The Morgan fingerprint density at radius 1 is 0.745 bits per heavy atom. The zero-order valence-corrected chi connectivity index (χ0v) is 31.2. The van der Waals surface area contributed by atoms with Crippen LogP contribution in [0, 0.1) is 3.57 Å². The van der Waals surface area contributed by atoms with Gasteiger partial charge in [0, 0.05) is 106 Å². The average molecular weight is 814 g/mol. The van der Waals surface area contributed by atoms with E-state index in [9.17, 15) is 9.59 Å². The lowest BCUT2D eigenvalue weighted by Gasteiger charge is -2.28. The molecule has 0 atom stereocenters. The lowest BCUT2D eigenvalue weighted by molar-refractivity contribution is -0.133. The Kier molecular flexibility index (Phi) is 10.3. The van der Waals surface area contributed by atoms with Crippen molar-refractivity contribution in [3.05, 3.63) is 67.0 Å². The minimum atomic E-state index is 0.274. The standard InChI is InChI=1S/C19H24BrN3O.C18H22IN3O/c1-21-10-7-18-16(12-21)15-11-14(20)5-6-17(15)23(18)13-19(24)22-8-3-2-4-9-22;19-13-4-5-16-14(10-13)15-11-20-7-6-17(15)22(16)12-18(23)21-8-2-1-3-9-21/h5-6,11H,2-4,7-10,12-13H2,1H3;4-5,10,20H,1-3,6-9,11-12H2. The number of hydrogen-bond donors (Lipinski definition) is 1. The molecule has 0 unspecified atom stereocenters. The SMILES string of the molecule is CN1CCc2c(c3cc(Br)ccc3n2CC(=O)N2CCCCC2)C1.O=C(Cn1c2c(c3cc(I)ccc31)CNCC2)N1CCCCC1. The minimum Gasteiger partial charge on any atom is -0.341 e. The molecule has 2 amide bonds. The lowest BCUT2D eigenvalue weighted by Crippen LogP contribution is -2.38. The third kappa shape index (κ3) is 7.03. The van der Waals surface area contributed by atoms with Crippen LogP contribution in [0.2, 0.25) is 0 Å². The summed E-state index contributed by atoms with van der Waals surface area (Å²) in [5.74, 6) is 0.553. The molecule has 47 heavy (non-hydrogen) atoms. The number of carbonyl (C=O) groups excluding carboxylic acids is 2. The van der Waals surface area contributed by atoms with Crippen LogP contribution in [0.15, 0.2) is 40.9 Å². The van der Waals surface area contributed by atoms with Gasteiger partial charge in [-0.2, -0.15) is 0 Å². The molecule has 0 spiro atoms. The molecule has 4 aliphatic heterocycles. The van der Waals surface area contributed by atoms with Gasteiger partial charge in [0.1, 0.15) is 13.1 Å². The first-order chi connectivity index (χ1) is 22.9. The summed E-state index contributed by atoms with van der Waals surface area (Å²) in [7, 11) is 2.17. The number of likely N-dealkylation sites (tertiary alicyclic amines) is 2. The normalized spacial score (nSPS) is 18.5. The number of carbonyl (C=O) groups is 2. The number of nitrogens with zero attached hydrogens (tertiary/aromatic N) is 5. The topological polar surface area (TPSA) is 65.8 Å². The summed E-state index contributed by atoms with van der Waals surface area (Å²) in [6, 6.07) is 13.0. The van der Waals surface area contributed by atoms with Crippen LogP contribution in [-0.2, 0) is 48.6 Å². The lowest BCUT2D eigenvalue weighted by atomic mass is 10.1. The molecule has 1 N–H and O–H groups in total. The third-order valence-electron chi connectivity index (χ3n) is 10.5. The summed E-state index contributed by atoms with van der Waals surface area (Å²) in [4.78, 5) is 32.0. The van der Waals surface area contributed by atoms with Crippen molar-refractivity contribution >= 4 is 72.1 Å². The summed E-state index contributed by atoms with van der Waals surface area (Å²) >= 11 is 5.97. The first-order valence-electron chi connectivity index (χ1n) is 17.4. The molecular formula is C37H46BrIN6O2. The van der Waals surface area contributed by atoms with Gasteiger partial charge in [-0.05, 0) is 116 Å². The second-order valence-corrected chi connectivity index (χ2v) is 15.8. The van der Waals surface area contributed by atoms with Gasteiger partial charge in [0.05, 0.1) is 0 Å². The maximum absolute atomic E-state index is 12.8. The van der Waals surface area contributed by atoms with E-state index >= 15 is 0 Å². The average Bonchev–Trinajstić information content (AvgIpc) is 3.56. The Labute approximate surface area is 300 Å². The molecule has 0 bridgehead atoms. The highest BCUT2D eigenvalue weighted by atomic mass is 127. The number of benzene rings is 2. The number of amides is 2. The monoisotopic (exact) mass is 812 g/mol. The van der Waals surface area contributed by atoms with E-state index in [1.165, 1.54) is 60.7 Å². The first-order valence-corrected chi connectivity index (χ1v) is 19.3. The van der Waals surface area contributed by atoms with Crippen LogP contribution in [-0.4, -0.2) is 82.0 Å². The summed E-state index contributed by atoms with van der Waals surface area (Å²) in [5.41, 5.74) is 7.90. The number of rotatable bonds is 4. The van der Waals surface area contributed by atoms with Gasteiger partial charge >= 0.3 is 0 Å². The first kappa shape index (κ1) is 33.1. The van der Waals surface area contributed by atoms with Crippen LogP contribution in [0.25, 0.3) is 21.8 Å². The highest BCUT2D eigenvalue weighted by molar-refractivity contribution is 14.1. The number of halogens is 2. The molecule has 6 heterocycles. The molecule has 2 aromatic carbocycles. The molecule has 10 heteroatoms. The molecule has 4 aliphatic rings. The van der Waals surface area contributed by atoms with Gasteiger partial charge in [0.2, 0.25) is 11.8 Å². The van der Waals surface area contributed by atoms with Crippen molar-refractivity contribution in [3.8, 4) is 0 Å². The van der Waals surface area contributed by atoms with E-state index in [0.29, 0.717) is 13.1 Å². The molecule has 0 radical (unpaired) electrons. The van der Waals surface area contributed by atoms with Crippen molar-refractivity contribution in [2.45, 2.75) is 77.5 Å². The number of likely N-dealkylation sites (N-methyl/N-ethyl adjacent to an activating group) is 1. The van der Waals surface area contributed by atoms with Gasteiger partial charge in [-0.15, -0.1) is 0 Å². The molecule has 8 nitrogen and oxygen atoms in total. The van der Waals surface area contributed by atoms with Gasteiger partial charge in [-0.1, -0.05) is 15.9 Å². The molecule has 4 aromatic rings. The third-order valence-corrected chi connectivity index (χ3v) is 11.7. The molecular weight excluding hydrogens is 767 g/mol. The van der Waals surface area contributed by atoms with Gasteiger partial charge in [0.15, 0.2) is 0 Å². The number of nitrogens with one attached hydrogen (secondary N) is 1. The van der Waals surface area contributed by atoms with Gasteiger partial charge in [-0.3, -0.25) is 9.59 Å². The predicted octanol–water partition coefficient (Wildman–Crippen LogP) is 6.31. The highest BCUT2D eigenvalue weighted by Gasteiger charge is 2.26. The second-order valence-electron chi connectivity index (χ2n) is 13.6. The van der Waals surface area contributed by atoms with E-state index in [0.717, 1.165) is 95.4 Å². The summed E-state index contributed by atoms with van der Waals surface area (Å²) in [6.45, 7) is 8.62. The molecule has 2 fully saturated rings. The Balaban J connectivity index is 0.000000150. The fourth-order valence-electron chi connectivity index (χ4n) is 8.03. The summed E-state index contributed by atoms with van der Waals surface area (Å²) in [6.07, 6.45) is 9.14. The maximum atomic E-state index is 12.8. The van der Waals surface area contributed by atoms with Crippen LogP contribution < -0.4 is 5.32 Å². The zero-order chi connectivity index (χ0) is 32.5. The fraction of sp³-hybridized carbons (Fsp3) is 0.514. The van der Waals surface area contributed by atoms with Crippen LogP contribution >= 0.6 is 38.5 Å². The molecule has 2 aromatic heterocycles. The molecule has 0 saturated carbocycles. The summed E-state index contributed by atoms with van der Waals surface area (Å²) < 4.78 is 6.91. The second kappa shape index (κ2) is 14.6.